The molecule has 1 aliphatic rings. The van der Waals surface area contributed by atoms with Crippen LogP contribution in [-0.4, -0.2) is 33.8 Å². The number of methoxy groups -OCH3 is 1. The number of carbonyl (C=O) groups excluding carboxylic acids is 2. The molecule has 7 nitrogen and oxygen atoms in total. The Labute approximate surface area is 158 Å². The number of nitrogens with one attached hydrogen (secondary N) is 1. The second kappa shape index (κ2) is 7.40. The van der Waals surface area contributed by atoms with Gasteiger partial charge in [-0.1, -0.05) is 12.1 Å². The minimum absolute atomic E-state index is 0.00943. The number of ketones is 1. The predicted molar refractivity (Wildman–Crippen MR) is 102 cm³/mol. The number of benzene rings is 2. The van der Waals surface area contributed by atoms with E-state index in [4.69, 9.17) is 4.74 Å². The molecule has 142 valence electrons. The smallest absolute Gasteiger partial charge is 0.261 e. The fourth-order valence-corrected chi connectivity index (χ4v) is 4.06. The standard InChI is InChI=1S/C19H20N2O5S/c1-13(22)14-5-3-6-16(11-14)27(24,25)20-15-8-9-18(26-2)17(12-15)21-10-4-7-19(21)23/h3,5-6,8-9,11-12,20H,4,7,10H2,1-2H3. The average Bonchev–Trinajstić information content (AvgIpc) is 3.07. The van der Waals surface area contributed by atoms with Crippen molar-refractivity contribution in [2.45, 2.75) is 24.7 Å². The maximum Gasteiger partial charge on any atom is 0.261 e. The van der Waals surface area contributed by atoms with Crippen molar-refractivity contribution in [3.05, 3.63) is 48.0 Å². The van der Waals surface area contributed by atoms with Crippen molar-refractivity contribution in [2.75, 3.05) is 23.3 Å². The van der Waals surface area contributed by atoms with Crippen molar-refractivity contribution < 1.29 is 22.7 Å². The zero-order chi connectivity index (χ0) is 19.6. The van der Waals surface area contributed by atoms with Gasteiger partial charge < -0.3 is 9.64 Å². The summed E-state index contributed by atoms with van der Waals surface area (Å²) in [4.78, 5) is 25.2. The number of rotatable bonds is 6. The second-order valence-corrected chi connectivity index (χ2v) is 7.91. The molecule has 1 N–H and O–H groups in total. The lowest BCUT2D eigenvalue weighted by atomic mass is 10.2. The van der Waals surface area contributed by atoms with Crippen molar-refractivity contribution in [1.82, 2.24) is 0 Å². The molecule has 0 spiro atoms. The van der Waals surface area contributed by atoms with E-state index in [2.05, 4.69) is 4.72 Å². The van der Waals surface area contributed by atoms with E-state index in [1.54, 1.807) is 29.2 Å². The summed E-state index contributed by atoms with van der Waals surface area (Å²) in [6, 6.07) is 10.6. The summed E-state index contributed by atoms with van der Waals surface area (Å²) in [6.07, 6.45) is 1.20. The van der Waals surface area contributed by atoms with Crippen molar-refractivity contribution >= 4 is 33.1 Å². The van der Waals surface area contributed by atoms with Gasteiger partial charge in [-0.2, -0.15) is 0 Å². The molecule has 0 saturated carbocycles. The molecule has 0 atom stereocenters. The normalized spacial score (nSPS) is 14.3. The largest absolute Gasteiger partial charge is 0.495 e. The maximum absolute atomic E-state index is 12.7. The van der Waals surface area contributed by atoms with Gasteiger partial charge in [0.05, 0.1) is 23.4 Å². The van der Waals surface area contributed by atoms with Crippen molar-refractivity contribution in [3.8, 4) is 5.75 Å². The molecule has 1 fully saturated rings. The molecule has 1 amide bonds. The lowest BCUT2D eigenvalue weighted by Gasteiger charge is -2.20. The van der Waals surface area contributed by atoms with E-state index >= 15 is 0 Å². The number of carbonyl (C=O) groups is 2. The summed E-state index contributed by atoms with van der Waals surface area (Å²) in [5.74, 6) is 0.251. The third-order valence-electron chi connectivity index (χ3n) is 4.35. The molecular weight excluding hydrogens is 368 g/mol. The summed E-state index contributed by atoms with van der Waals surface area (Å²) in [5, 5.41) is 0. The van der Waals surface area contributed by atoms with E-state index in [-0.39, 0.29) is 16.6 Å². The van der Waals surface area contributed by atoms with Crippen LogP contribution in [0.25, 0.3) is 0 Å². The highest BCUT2D eigenvalue weighted by molar-refractivity contribution is 7.92. The minimum Gasteiger partial charge on any atom is -0.495 e. The van der Waals surface area contributed by atoms with Gasteiger partial charge in [0.2, 0.25) is 5.91 Å². The molecular formula is C19H20N2O5S. The van der Waals surface area contributed by atoms with Gasteiger partial charge in [-0.25, -0.2) is 8.42 Å². The molecule has 1 saturated heterocycles. The Morgan fingerprint density at radius 1 is 1.19 bits per heavy atom. The molecule has 27 heavy (non-hydrogen) atoms. The quantitative estimate of drug-likeness (QED) is 0.768. The highest BCUT2D eigenvalue weighted by Crippen LogP contribution is 2.34. The SMILES string of the molecule is COc1ccc(NS(=O)(=O)c2cccc(C(C)=O)c2)cc1N1CCCC1=O. The Kier molecular flexibility index (Phi) is 5.18. The molecule has 0 unspecified atom stereocenters. The predicted octanol–water partition coefficient (Wildman–Crippen LogP) is 2.83. The molecule has 1 aliphatic heterocycles. The van der Waals surface area contributed by atoms with Crippen LogP contribution in [0.5, 0.6) is 5.75 Å². The number of amides is 1. The number of anilines is 2. The Hall–Kier alpha value is -2.87. The van der Waals surface area contributed by atoms with Gasteiger partial charge in [-0.3, -0.25) is 14.3 Å². The van der Waals surface area contributed by atoms with Crippen LogP contribution in [0.1, 0.15) is 30.1 Å². The van der Waals surface area contributed by atoms with E-state index in [0.29, 0.717) is 35.7 Å². The van der Waals surface area contributed by atoms with Crippen LogP contribution >= 0.6 is 0 Å². The molecule has 2 aromatic carbocycles. The van der Waals surface area contributed by atoms with E-state index < -0.39 is 10.0 Å². The van der Waals surface area contributed by atoms with Crippen molar-refractivity contribution in [2.24, 2.45) is 0 Å². The fourth-order valence-electron chi connectivity index (χ4n) is 2.96. The van der Waals surface area contributed by atoms with Crippen LogP contribution in [0.2, 0.25) is 0 Å². The van der Waals surface area contributed by atoms with E-state index in [9.17, 15) is 18.0 Å². The van der Waals surface area contributed by atoms with Gasteiger partial charge in [0.25, 0.3) is 10.0 Å². The maximum atomic E-state index is 12.7. The summed E-state index contributed by atoms with van der Waals surface area (Å²) >= 11 is 0. The first-order valence-electron chi connectivity index (χ1n) is 8.44. The molecule has 2 aromatic rings. The van der Waals surface area contributed by atoms with Gasteiger partial charge >= 0.3 is 0 Å². The van der Waals surface area contributed by atoms with E-state index in [1.807, 2.05) is 0 Å². The lowest BCUT2D eigenvalue weighted by Crippen LogP contribution is -2.24. The van der Waals surface area contributed by atoms with Crippen LogP contribution in [0.15, 0.2) is 47.4 Å². The third kappa shape index (κ3) is 3.95. The highest BCUT2D eigenvalue weighted by Gasteiger charge is 2.25. The Bertz CT molecular complexity index is 1000. The van der Waals surface area contributed by atoms with Crippen molar-refractivity contribution in [3.63, 3.8) is 0 Å². The Morgan fingerprint density at radius 2 is 1.96 bits per heavy atom. The van der Waals surface area contributed by atoms with Crippen LogP contribution < -0.4 is 14.4 Å². The van der Waals surface area contributed by atoms with Crippen LogP contribution in [0, 0.1) is 0 Å². The molecule has 0 bridgehead atoms. The average molecular weight is 388 g/mol. The summed E-state index contributed by atoms with van der Waals surface area (Å²) in [5.41, 5.74) is 1.15. The first-order chi connectivity index (χ1) is 12.8. The Balaban J connectivity index is 1.94. The molecule has 8 heteroatoms. The van der Waals surface area contributed by atoms with Gasteiger partial charge in [0, 0.05) is 18.5 Å². The first kappa shape index (κ1) is 18.9. The number of nitrogens with zero attached hydrogens (tertiary/aromatic N) is 1. The number of hydrogen-bond donors (Lipinski definition) is 1. The minimum atomic E-state index is -3.89. The van der Waals surface area contributed by atoms with Gasteiger partial charge in [-0.05, 0) is 43.7 Å². The topological polar surface area (TPSA) is 92.8 Å². The molecule has 0 aromatic heterocycles. The van der Waals surface area contributed by atoms with Crippen molar-refractivity contribution in [1.29, 1.82) is 0 Å². The third-order valence-corrected chi connectivity index (χ3v) is 5.73. The number of Topliss-reactive ketones (excluding diaryl/α,β-unsaturated/α-hetero) is 1. The molecule has 3 rings (SSSR count). The zero-order valence-corrected chi connectivity index (χ0v) is 15.9. The second-order valence-electron chi connectivity index (χ2n) is 6.23. The zero-order valence-electron chi connectivity index (χ0n) is 15.1. The fraction of sp³-hybridized carbons (Fsp3) is 0.263. The Morgan fingerprint density at radius 3 is 2.59 bits per heavy atom. The van der Waals surface area contributed by atoms with E-state index in [0.717, 1.165) is 6.42 Å². The lowest BCUT2D eigenvalue weighted by molar-refractivity contribution is -0.117. The highest BCUT2D eigenvalue weighted by atomic mass is 32.2. The molecule has 1 heterocycles. The van der Waals surface area contributed by atoms with Crippen LogP contribution in [0.3, 0.4) is 0 Å². The number of hydrogen-bond acceptors (Lipinski definition) is 5. The van der Waals surface area contributed by atoms with E-state index in [1.165, 1.54) is 32.2 Å². The first-order valence-corrected chi connectivity index (χ1v) is 9.92. The van der Waals surface area contributed by atoms with Gasteiger partial charge in [0.15, 0.2) is 5.78 Å². The summed E-state index contributed by atoms with van der Waals surface area (Å²) in [7, 11) is -2.39. The van der Waals surface area contributed by atoms with Gasteiger partial charge in [-0.15, -0.1) is 0 Å². The summed E-state index contributed by atoms with van der Waals surface area (Å²) < 4.78 is 33.2. The molecule has 0 aliphatic carbocycles. The number of sulfonamides is 1. The monoisotopic (exact) mass is 388 g/mol. The van der Waals surface area contributed by atoms with Crippen LogP contribution in [0.4, 0.5) is 11.4 Å². The molecule has 0 radical (unpaired) electrons. The van der Waals surface area contributed by atoms with Crippen LogP contribution in [-0.2, 0) is 14.8 Å². The number of ether oxygens (including phenoxy) is 1. The summed E-state index contributed by atoms with van der Waals surface area (Å²) in [6.45, 7) is 1.94. The van der Waals surface area contributed by atoms with Gasteiger partial charge in [0.1, 0.15) is 5.75 Å².